The van der Waals surface area contributed by atoms with E-state index < -0.39 is 0 Å². The quantitative estimate of drug-likeness (QED) is 0.723. The normalized spacial score (nSPS) is 14.6. The largest absolute Gasteiger partial charge is 0.497 e. The number of carbonyl (C=O) groups is 1. The molecular formula is C21H26N2O4. The third kappa shape index (κ3) is 5.98. The summed E-state index contributed by atoms with van der Waals surface area (Å²) >= 11 is 0. The summed E-state index contributed by atoms with van der Waals surface area (Å²) in [6.07, 6.45) is 0. The molecule has 27 heavy (non-hydrogen) atoms. The lowest BCUT2D eigenvalue weighted by Gasteiger charge is -2.26. The molecule has 0 aliphatic carbocycles. The molecule has 6 nitrogen and oxygen atoms in total. The molecule has 0 saturated carbocycles. The van der Waals surface area contributed by atoms with Crippen molar-refractivity contribution in [3.05, 3.63) is 59.7 Å². The molecular weight excluding hydrogens is 344 g/mol. The molecule has 1 saturated heterocycles. The monoisotopic (exact) mass is 370 g/mol. The number of carbonyl (C=O) groups excluding carboxylic acids is 1. The number of methoxy groups -OCH3 is 1. The van der Waals surface area contributed by atoms with Gasteiger partial charge in [0.25, 0.3) is 5.91 Å². The highest BCUT2D eigenvalue weighted by Crippen LogP contribution is 2.16. The van der Waals surface area contributed by atoms with Crippen LogP contribution in [-0.2, 0) is 11.3 Å². The van der Waals surface area contributed by atoms with Crippen molar-refractivity contribution in [2.45, 2.75) is 6.54 Å². The molecule has 2 aromatic carbocycles. The lowest BCUT2D eigenvalue weighted by Crippen LogP contribution is -2.35. The van der Waals surface area contributed by atoms with E-state index in [1.165, 1.54) is 5.56 Å². The van der Waals surface area contributed by atoms with Gasteiger partial charge >= 0.3 is 0 Å². The molecule has 1 N–H and O–H groups in total. The Bertz CT molecular complexity index is 710. The van der Waals surface area contributed by atoms with Gasteiger partial charge < -0.3 is 19.5 Å². The average molecular weight is 370 g/mol. The van der Waals surface area contributed by atoms with E-state index in [2.05, 4.69) is 10.2 Å². The van der Waals surface area contributed by atoms with Crippen LogP contribution in [0.1, 0.15) is 15.9 Å². The van der Waals surface area contributed by atoms with Crippen molar-refractivity contribution < 1.29 is 19.0 Å². The molecule has 0 aromatic heterocycles. The summed E-state index contributed by atoms with van der Waals surface area (Å²) in [5, 5.41) is 2.88. The van der Waals surface area contributed by atoms with Crippen molar-refractivity contribution in [3.8, 4) is 11.5 Å². The van der Waals surface area contributed by atoms with E-state index in [1.807, 2.05) is 48.5 Å². The molecule has 1 aliphatic rings. The predicted molar refractivity (Wildman–Crippen MR) is 103 cm³/mol. The molecule has 1 amide bonds. The second kappa shape index (κ2) is 9.94. The Kier molecular flexibility index (Phi) is 7.07. The van der Waals surface area contributed by atoms with Crippen LogP contribution in [0.25, 0.3) is 0 Å². The highest BCUT2D eigenvalue weighted by molar-refractivity contribution is 5.94. The molecule has 0 radical (unpaired) electrons. The highest BCUT2D eigenvalue weighted by Gasteiger charge is 2.11. The third-order valence-corrected chi connectivity index (χ3v) is 4.44. The molecule has 1 fully saturated rings. The van der Waals surface area contributed by atoms with E-state index in [0.29, 0.717) is 18.7 Å². The number of amides is 1. The smallest absolute Gasteiger partial charge is 0.251 e. The van der Waals surface area contributed by atoms with E-state index in [9.17, 15) is 4.79 Å². The van der Waals surface area contributed by atoms with Crippen LogP contribution in [0.4, 0.5) is 0 Å². The standard InChI is InChI=1S/C21H26N2O4/c1-25-19-6-8-20(9-7-19)27-13-10-22-21(24)18-4-2-17(3-5-18)16-23-11-14-26-15-12-23/h2-9H,10-16H2,1H3,(H,22,24). The first kappa shape index (κ1) is 19.2. The highest BCUT2D eigenvalue weighted by atomic mass is 16.5. The summed E-state index contributed by atoms with van der Waals surface area (Å²) in [6.45, 7) is 5.24. The maximum Gasteiger partial charge on any atom is 0.251 e. The summed E-state index contributed by atoms with van der Waals surface area (Å²) in [5.41, 5.74) is 1.86. The van der Waals surface area contributed by atoms with Gasteiger partial charge in [-0.2, -0.15) is 0 Å². The Hall–Kier alpha value is -2.57. The molecule has 3 rings (SSSR count). The van der Waals surface area contributed by atoms with Crippen LogP contribution in [0.3, 0.4) is 0 Å². The lowest BCUT2D eigenvalue weighted by atomic mass is 10.1. The zero-order valence-electron chi connectivity index (χ0n) is 15.6. The van der Waals surface area contributed by atoms with E-state index in [1.54, 1.807) is 7.11 Å². The van der Waals surface area contributed by atoms with Crippen LogP contribution in [0.5, 0.6) is 11.5 Å². The summed E-state index contributed by atoms with van der Waals surface area (Å²) in [4.78, 5) is 14.6. The van der Waals surface area contributed by atoms with Crippen LogP contribution in [0.2, 0.25) is 0 Å². The molecule has 2 aromatic rings. The van der Waals surface area contributed by atoms with Gasteiger partial charge in [0.1, 0.15) is 18.1 Å². The summed E-state index contributed by atoms with van der Waals surface area (Å²) in [5.74, 6) is 1.44. The number of rotatable bonds is 8. The number of hydrogen-bond acceptors (Lipinski definition) is 5. The summed E-state index contributed by atoms with van der Waals surface area (Å²) in [7, 11) is 1.63. The molecule has 0 unspecified atom stereocenters. The fourth-order valence-electron chi connectivity index (χ4n) is 2.89. The van der Waals surface area contributed by atoms with Crippen molar-refractivity contribution in [1.29, 1.82) is 0 Å². The Morgan fingerprint density at radius 3 is 2.37 bits per heavy atom. The number of nitrogens with one attached hydrogen (secondary N) is 1. The molecule has 144 valence electrons. The van der Waals surface area contributed by atoms with Crippen LogP contribution < -0.4 is 14.8 Å². The third-order valence-electron chi connectivity index (χ3n) is 4.44. The van der Waals surface area contributed by atoms with E-state index in [0.717, 1.165) is 44.3 Å². The van der Waals surface area contributed by atoms with Crippen molar-refractivity contribution in [3.63, 3.8) is 0 Å². The molecule has 1 heterocycles. The van der Waals surface area contributed by atoms with Crippen LogP contribution in [0.15, 0.2) is 48.5 Å². The maximum atomic E-state index is 12.2. The number of morpholine rings is 1. The van der Waals surface area contributed by atoms with Crippen molar-refractivity contribution in [2.75, 3.05) is 46.6 Å². The minimum atomic E-state index is -0.0914. The predicted octanol–water partition coefficient (Wildman–Crippen LogP) is 2.34. The average Bonchev–Trinajstić information content (AvgIpc) is 2.73. The Balaban J connectivity index is 1.39. The van der Waals surface area contributed by atoms with E-state index in [-0.39, 0.29) is 5.91 Å². The number of nitrogens with zero attached hydrogens (tertiary/aromatic N) is 1. The first-order valence-electron chi connectivity index (χ1n) is 9.19. The Morgan fingerprint density at radius 2 is 1.70 bits per heavy atom. The SMILES string of the molecule is COc1ccc(OCCNC(=O)c2ccc(CN3CCOCC3)cc2)cc1. The van der Waals surface area contributed by atoms with Crippen molar-refractivity contribution in [2.24, 2.45) is 0 Å². The van der Waals surface area contributed by atoms with Gasteiger partial charge in [0.05, 0.1) is 26.9 Å². The van der Waals surface area contributed by atoms with E-state index in [4.69, 9.17) is 14.2 Å². The van der Waals surface area contributed by atoms with Crippen LogP contribution in [-0.4, -0.2) is 57.4 Å². The van der Waals surface area contributed by atoms with Gasteiger partial charge in [0.2, 0.25) is 0 Å². The Morgan fingerprint density at radius 1 is 1.04 bits per heavy atom. The van der Waals surface area contributed by atoms with E-state index >= 15 is 0 Å². The van der Waals surface area contributed by atoms with Crippen LogP contribution in [0, 0.1) is 0 Å². The zero-order chi connectivity index (χ0) is 18.9. The second-order valence-electron chi connectivity index (χ2n) is 6.37. The van der Waals surface area contributed by atoms with Gasteiger partial charge in [0.15, 0.2) is 0 Å². The lowest BCUT2D eigenvalue weighted by molar-refractivity contribution is 0.0342. The molecule has 6 heteroatoms. The minimum Gasteiger partial charge on any atom is -0.497 e. The molecule has 1 aliphatic heterocycles. The summed E-state index contributed by atoms with van der Waals surface area (Å²) < 4.78 is 16.1. The zero-order valence-corrected chi connectivity index (χ0v) is 15.6. The Labute approximate surface area is 160 Å². The number of ether oxygens (including phenoxy) is 3. The van der Waals surface area contributed by atoms with Gasteiger partial charge in [-0.3, -0.25) is 9.69 Å². The molecule has 0 spiro atoms. The van der Waals surface area contributed by atoms with Gasteiger partial charge in [-0.1, -0.05) is 12.1 Å². The van der Waals surface area contributed by atoms with Gasteiger partial charge in [-0.05, 0) is 42.0 Å². The number of hydrogen-bond donors (Lipinski definition) is 1. The molecule has 0 bridgehead atoms. The van der Waals surface area contributed by atoms with Crippen molar-refractivity contribution in [1.82, 2.24) is 10.2 Å². The number of benzene rings is 2. The van der Waals surface area contributed by atoms with Gasteiger partial charge in [-0.25, -0.2) is 0 Å². The topological polar surface area (TPSA) is 60.0 Å². The minimum absolute atomic E-state index is 0.0914. The summed E-state index contributed by atoms with van der Waals surface area (Å²) in [6, 6.07) is 15.1. The second-order valence-corrected chi connectivity index (χ2v) is 6.37. The first-order valence-corrected chi connectivity index (χ1v) is 9.19. The molecule has 0 atom stereocenters. The fourth-order valence-corrected chi connectivity index (χ4v) is 2.89. The maximum absolute atomic E-state index is 12.2. The fraction of sp³-hybridized carbons (Fsp3) is 0.381. The van der Waals surface area contributed by atoms with Gasteiger partial charge in [0, 0.05) is 25.2 Å². The van der Waals surface area contributed by atoms with Crippen molar-refractivity contribution >= 4 is 5.91 Å². The van der Waals surface area contributed by atoms with Crippen LogP contribution >= 0.6 is 0 Å². The first-order chi connectivity index (χ1) is 13.2. The van der Waals surface area contributed by atoms with Gasteiger partial charge in [-0.15, -0.1) is 0 Å².